The Kier molecular flexibility index (Phi) is 3.54. The maximum Gasteiger partial charge on any atom is 0.231 e. The van der Waals surface area contributed by atoms with Crippen molar-refractivity contribution < 1.29 is 9.47 Å². The van der Waals surface area contributed by atoms with Gasteiger partial charge in [0.1, 0.15) is 11.9 Å². The van der Waals surface area contributed by atoms with Crippen molar-refractivity contribution in [2.24, 2.45) is 5.92 Å². The van der Waals surface area contributed by atoms with E-state index in [0.29, 0.717) is 36.3 Å². The standard InChI is InChI=1S/C22H22N4O2/c23-11-16-2-1-7-24-22(16)26-12-17(15-3-4-18-19(10-15)28-13-27-18)21-20(26)14-5-8-25(21)9-6-14/h1-4,7,10,14,17,20-21H,5-6,8-9,12-13H2/t17-,20+,21+/m0/s1. The van der Waals surface area contributed by atoms with Crippen molar-refractivity contribution in [1.29, 1.82) is 5.26 Å². The molecule has 0 unspecified atom stereocenters. The fourth-order valence-corrected chi connectivity index (χ4v) is 5.81. The first-order valence-corrected chi connectivity index (χ1v) is 10.1. The molecule has 4 saturated heterocycles. The van der Waals surface area contributed by atoms with Crippen LogP contribution in [0.5, 0.6) is 11.5 Å². The average molecular weight is 374 g/mol. The second-order valence-electron chi connectivity index (χ2n) is 8.21. The van der Waals surface area contributed by atoms with E-state index in [1.165, 1.54) is 31.5 Å². The highest BCUT2D eigenvalue weighted by Crippen LogP contribution is 2.49. The van der Waals surface area contributed by atoms with Crippen molar-refractivity contribution in [2.75, 3.05) is 31.3 Å². The molecule has 5 aliphatic heterocycles. The van der Waals surface area contributed by atoms with Crippen LogP contribution in [-0.2, 0) is 0 Å². The molecule has 28 heavy (non-hydrogen) atoms. The normalized spacial score (nSPS) is 32.2. The molecule has 0 saturated carbocycles. The van der Waals surface area contributed by atoms with Crippen molar-refractivity contribution in [3.63, 3.8) is 0 Å². The van der Waals surface area contributed by atoms with Gasteiger partial charge in [-0.25, -0.2) is 4.98 Å². The number of hydrogen-bond acceptors (Lipinski definition) is 6. The first kappa shape index (κ1) is 16.2. The van der Waals surface area contributed by atoms with Gasteiger partial charge in [-0.05, 0) is 61.7 Å². The van der Waals surface area contributed by atoms with Crippen molar-refractivity contribution in [3.8, 4) is 17.6 Å². The minimum atomic E-state index is 0.301. The summed E-state index contributed by atoms with van der Waals surface area (Å²) in [5.41, 5.74) is 1.97. The molecule has 2 bridgehead atoms. The molecule has 4 fully saturated rings. The molecule has 1 aromatic carbocycles. The van der Waals surface area contributed by atoms with Crippen LogP contribution in [0.3, 0.4) is 0 Å². The van der Waals surface area contributed by atoms with Crippen LogP contribution in [0, 0.1) is 17.2 Å². The van der Waals surface area contributed by atoms with Gasteiger partial charge < -0.3 is 14.4 Å². The monoisotopic (exact) mass is 374 g/mol. The molecular weight excluding hydrogens is 352 g/mol. The Hall–Kier alpha value is -2.78. The van der Waals surface area contributed by atoms with Gasteiger partial charge in [-0.2, -0.15) is 5.26 Å². The Morgan fingerprint density at radius 1 is 1.07 bits per heavy atom. The highest BCUT2D eigenvalue weighted by Gasteiger charge is 2.54. The number of nitriles is 1. The van der Waals surface area contributed by atoms with E-state index in [0.717, 1.165) is 23.9 Å². The van der Waals surface area contributed by atoms with Crippen molar-refractivity contribution in [3.05, 3.63) is 47.7 Å². The first-order chi connectivity index (χ1) is 13.8. The van der Waals surface area contributed by atoms with Crippen molar-refractivity contribution >= 4 is 5.82 Å². The van der Waals surface area contributed by atoms with E-state index in [4.69, 9.17) is 9.47 Å². The van der Waals surface area contributed by atoms with Gasteiger partial charge in [-0.1, -0.05) is 6.07 Å². The fraction of sp³-hybridized carbons (Fsp3) is 0.455. The summed E-state index contributed by atoms with van der Waals surface area (Å²) in [4.78, 5) is 9.72. The summed E-state index contributed by atoms with van der Waals surface area (Å²) in [6, 6.07) is 13.3. The third-order valence-corrected chi connectivity index (χ3v) is 7.00. The van der Waals surface area contributed by atoms with Crippen LogP contribution in [0.15, 0.2) is 36.5 Å². The molecule has 7 rings (SSSR count). The molecule has 0 radical (unpaired) electrons. The van der Waals surface area contributed by atoms with Gasteiger partial charge in [-0.3, -0.25) is 4.90 Å². The lowest BCUT2D eigenvalue weighted by atomic mass is 9.75. The Labute approximate surface area is 164 Å². The van der Waals surface area contributed by atoms with Crippen LogP contribution >= 0.6 is 0 Å². The summed E-state index contributed by atoms with van der Waals surface area (Å²) in [5, 5.41) is 9.64. The van der Waals surface area contributed by atoms with Crippen LogP contribution in [0.1, 0.15) is 29.9 Å². The predicted molar refractivity (Wildman–Crippen MR) is 103 cm³/mol. The molecular formula is C22H22N4O2. The molecule has 3 atom stereocenters. The maximum absolute atomic E-state index is 9.64. The fourth-order valence-electron chi connectivity index (χ4n) is 5.81. The summed E-state index contributed by atoms with van der Waals surface area (Å²) in [6.45, 7) is 3.53. The van der Waals surface area contributed by atoms with E-state index in [1.807, 2.05) is 18.2 Å². The molecule has 1 aromatic heterocycles. The quantitative estimate of drug-likeness (QED) is 0.806. The Morgan fingerprint density at radius 2 is 1.93 bits per heavy atom. The van der Waals surface area contributed by atoms with Crippen LogP contribution in [-0.4, -0.2) is 48.4 Å². The zero-order valence-corrected chi connectivity index (χ0v) is 15.6. The summed E-state index contributed by atoms with van der Waals surface area (Å²) in [5.74, 6) is 3.56. The Morgan fingerprint density at radius 3 is 2.79 bits per heavy atom. The molecule has 5 aliphatic rings. The largest absolute Gasteiger partial charge is 0.454 e. The zero-order chi connectivity index (χ0) is 18.7. The number of benzene rings is 1. The number of rotatable bonds is 2. The van der Waals surface area contributed by atoms with Crippen molar-refractivity contribution in [1.82, 2.24) is 9.88 Å². The summed E-state index contributed by atoms with van der Waals surface area (Å²) >= 11 is 0. The second-order valence-corrected chi connectivity index (χ2v) is 8.21. The third-order valence-electron chi connectivity index (χ3n) is 7.00. The van der Waals surface area contributed by atoms with Gasteiger partial charge in [0.2, 0.25) is 6.79 Å². The van der Waals surface area contributed by atoms with Gasteiger partial charge in [0.15, 0.2) is 11.5 Å². The maximum atomic E-state index is 9.64. The van der Waals surface area contributed by atoms with E-state index >= 15 is 0 Å². The van der Waals surface area contributed by atoms with E-state index in [9.17, 15) is 5.26 Å². The molecule has 6 nitrogen and oxygen atoms in total. The number of nitrogens with zero attached hydrogens (tertiary/aromatic N) is 4. The third kappa shape index (κ3) is 2.26. The lowest BCUT2D eigenvalue weighted by Gasteiger charge is -2.51. The Balaban J connectivity index is 1.44. The summed E-state index contributed by atoms with van der Waals surface area (Å²) < 4.78 is 11.1. The molecule has 2 aromatic rings. The highest BCUT2D eigenvalue weighted by atomic mass is 16.7. The number of piperidine rings is 3. The van der Waals surface area contributed by atoms with Gasteiger partial charge >= 0.3 is 0 Å². The highest BCUT2D eigenvalue weighted by molar-refractivity contribution is 5.57. The number of hydrogen-bond donors (Lipinski definition) is 0. The number of pyridine rings is 1. The van der Waals surface area contributed by atoms with Gasteiger partial charge in [-0.15, -0.1) is 0 Å². The van der Waals surface area contributed by atoms with E-state index < -0.39 is 0 Å². The van der Waals surface area contributed by atoms with E-state index in [2.05, 4.69) is 33.0 Å². The predicted octanol–water partition coefficient (Wildman–Crippen LogP) is 2.75. The minimum Gasteiger partial charge on any atom is -0.454 e. The van der Waals surface area contributed by atoms with Crippen molar-refractivity contribution in [2.45, 2.75) is 30.8 Å². The van der Waals surface area contributed by atoms with Gasteiger partial charge in [0.05, 0.1) is 5.56 Å². The molecule has 0 aliphatic carbocycles. The lowest BCUT2D eigenvalue weighted by molar-refractivity contribution is 0.0354. The topological polar surface area (TPSA) is 61.6 Å². The molecule has 0 spiro atoms. The average Bonchev–Trinajstić information content (AvgIpc) is 3.40. The molecule has 6 heterocycles. The minimum absolute atomic E-state index is 0.301. The van der Waals surface area contributed by atoms with Crippen LogP contribution in [0.4, 0.5) is 5.82 Å². The zero-order valence-electron chi connectivity index (χ0n) is 15.6. The molecule has 0 N–H and O–H groups in total. The first-order valence-electron chi connectivity index (χ1n) is 10.1. The SMILES string of the molecule is N#Cc1cccnc1N1C[C@@H](c2ccc3c(c2)OCO3)[C@@H]2[C@H]1C1CCN2CC1. The van der Waals surface area contributed by atoms with E-state index in [-0.39, 0.29) is 0 Å². The van der Waals surface area contributed by atoms with Gasteiger partial charge in [0.25, 0.3) is 0 Å². The number of anilines is 1. The summed E-state index contributed by atoms with van der Waals surface area (Å²) in [6.07, 6.45) is 4.28. The number of ether oxygens (including phenoxy) is 2. The van der Waals surface area contributed by atoms with Crippen LogP contribution in [0.2, 0.25) is 0 Å². The number of fused-ring (bicyclic) bond motifs is 3. The van der Waals surface area contributed by atoms with E-state index in [1.54, 1.807) is 6.20 Å². The summed E-state index contributed by atoms with van der Waals surface area (Å²) in [7, 11) is 0. The second kappa shape index (κ2) is 6.11. The van der Waals surface area contributed by atoms with Crippen LogP contribution in [0.25, 0.3) is 0 Å². The number of aromatic nitrogens is 1. The van der Waals surface area contributed by atoms with Gasteiger partial charge in [0, 0.05) is 30.7 Å². The Bertz CT molecular complexity index is 963. The molecule has 6 heteroatoms. The smallest absolute Gasteiger partial charge is 0.231 e. The lowest BCUT2D eigenvalue weighted by Crippen LogP contribution is -2.60. The van der Waals surface area contributed by atoms with Crippen LogP contribution < -0.4 is 14.4 Å². The molecule has 142 valence electrons. The molecule has 0 amide bonds.